The Morgan fingerprint density at radius 3 is 2.45 bits per heavy atom. The quantitative estimate of drug-likeness (QED) is 0.842. The molecule has 0 saturated carbocycles. The van der Waals surface area contributed by atoms with Gasteiger partial charge in [0.15, 0.2) is 0 Å². The molecule has 0 bridgehead atoms. The van der Waals surface area contributed by atoms with Gasteiger partial charge in [-0.15, -0.1) is 0 Å². The normalized spacial score (nSPS) is 11.1. The van der Waals surface area contributed by atoms with Crippen LogP contribution in [0, 0.1) is 6.92 Å². The van der Waals surface area contributed by atoms with Crippen molar-refractivity contribution in [2.75, 3.05) is 4.72 Å². The van der Waals surface area contributed by atoms with E-state index in [1.807, 2.05) is 0 Å². The first-order valence-corrected chi connectivity index (χ1v) is 7.62. The van der Waals surface area contributed by atoms with Crippen LogP contribution < -0.4 is 10.5 Å². The number of hydrogen-bond acceptors (Lipinski definition) is 4. The zero-order valence-electron chi connectivity index (χ0n) is 10.7. The van der Waals surface area contributed by atoms with Crippen LogP contribution in [0.15, 0.2) is 47.6 Å². The van der Waals surface area contributed by atoms with E-state index < -0.39 is 10.0 Å². The summed E-state index contributed by atoms with van der Waals surface area (Å²) in [6, 6.07) is 7.70. The molecule has 0 aliphatic heterocycles. The first-order valence-electron chi connectivity index (χ1n) is 5.73. The van der Waals surface area contributed by atoms with E-state index in [1.165, 1.54) is 18.3 Å². The van der Waals surface area contributed by atoms with Gasteiger partial charge in [0, 0.05) is 18.0 Å². The summed E-state index contributed by atoms with van der Waals surface area (Å²) < 4.78 is 27.0. The second kappa shape index (κ2) is 5.56. The Balaban J connectivity index is 2.31. The molecule has 1 aromatic carbocycles. The lowest BCUT2D eigenvalue weighted by Gasteiger charge is -2.10. The first-order chi connectivity index (χ1) is 9.40. The molecule has 2 rings (SSSR count). The van der Waals surface area contributed by atoms with E-state index in [0.29, 0.717) is 11.3 Å². The molecule has 7 heteroatoms. The van der Waals surface area contributed by atoms with E-state index in [-0.39, 0.29) is 9.88 Å². The van der Waals surface area contributed by atoms with Crippen LogP contribution in [-0.4, -0.2) is 18.4 Å². The van der Waals surface area contributed by atoms with Gasteiger partial charge in [0.1, 0.15) is 4.99 Å². The second-order valence-electron chi connectivity index (χ2n) is 4.18. The standard InChI is InChI=1S/C13H13N3O2S2/c1-9-8-15-7-6-12(9)16-20(17,18)11-4-2-10(3-5-11)13(14)19/h2-8H,1H3,(H2,14,19)(H,15,16). The Morgan fingerprint density at radius 1 is 1.25 bits per heavy atom. The Hall–Kier alpha value is -1.99. The van der Waals surface area contributed by atoms with E-state index in [1.54, 1.807) is 31.3 Å². The first kappa shape index (κ1) is 14.4. The third-order valence-electron chi connectivity index (χ3n) is 2.71. The molecule has 0 saturated heterocycles. The van der Waals surface area contributed by atoms with Crippen LogP contribution in [0.3, 0.4) is 0 Å². The third kappa shape index (κ3) is 3.12. The summed E-state index contributed by atoms with van der Waals surface area (Å²) in [5.41, 5.74) is 7.34. The zero-order valence-corrected chi connectivity index (χ0v) is 12.3. The zero-order chi connectivity index (χ0) is 14.8. The number of nitrogens with zero attached hydrogens (tertiary/aromatic N) is 1. The fourth-order valence-corrected chi connectivity index (χ4v) is 2.86. The molecular formula is C13H13N3O2S2. The molecule has 0 radical (unpaired) electrons. The SMILES string of the molecule is Cc1cnccc1NS(=O)(=O)c1ccc(C(N)=S)cc1. The van der Waals surface area contributed by atoms with Gasteiger partial charge in [-0.2, -0.15) is 0 Å². The maximum absolute atomic E-state index is 12.2. The summed E-state index contributed by atoms with van der Waals surface area (Å²) in [5.74, 6) is 0. The van der Waals surface area contributed by atoms with Crippen molar-refractivity contribution >= 4 is 32.9 Å². The number of sulfonamides is 1. The summed E-state index contributed by atoms with van der Waals surface area (Å²) in [6.45, 7) is 1.78. The Bertz CT molecular complexity index is 740. The number of nitrogens with two attached hydrogens (primary N) is 1. The summed E-state index contributed by atoms with van der Waals surface area (Å²) in [6.07, 6.45) is 3.12. The third-order valence-corrected chi connectivity index (χ3v) is 4.33. The minimum atomic E-state index is -3.64. The predicted molar refractivity (Wildman–Crippen MR) is 82.1 cm³/mol. The minimum absolute atomic E-state index is 0.147. The van der Waals surface area contributed by atoms with Crippen LogP contribution in [-0.2, 0) is 10.0 Å². The molecule has 1 heterocycles. The molecule has 5 nitrogen and oxygen atoms in total. The van der Waals surface area contributed by atoms with Gasteiger partial charge in [0.25, 0.3) is 10.0 Å². The van der Waals surface area contributed by atoms with Crippen LogP contribution in [0.2, 0.25) is 0 Å². The topological polar surface area (TPSA) is 85.1 Å². The van der Waals surface area contributed by atoms with Gasteiger partial charge < -0.3 is 5.73 Å². The molecule has 0 spiro atoms. The fraction of sp³-hybridized carbons (Fsp3) is 0.0769. The van der Waals surface area contributed by atoms with Crippen molar-refractivity contribution in [2.45, 2.75) is 11.8 Å². The molecule has 2 aromatic rings. The monoisotopic (exact) mass is 307 g/mol. The maximum Gasteiger partial charge on any atom is 0.261 e. The van der Waals surface area contributed by atoms with Crippen LogP contribution in [0.4, 0.5) is 5.69 Å². The lowest BCUT2D eigenvalue weighted by atomic mass is 10.2. The van der Waals surface area contributed by atoms with Gasteiger partial charge in [-0.25, -0.2) is 8.42 Å². The number of aryl methyl sites for hydroxylation is 1. The van der Waals surface area contributed by atoms with Crippen molar-refractivity contribution in [1.29, 1.82) is 0 Å². The Morgan fingerprint density at radius 2 is 1.90 bits per heavy atom. The van der Waals surface area contributed by atoms with E-state index >= 15 is 0 Å². The molecule has 104 valence electrons. The molecule has 20 heavy (non-hydrogen) atoms. The Kier molecular flexibility index (Phi) is 4.01. The number of aromatic nitrogens is 1. The van der Waals surface area contributed by atoms with Gasteiger partial charge in [0.05, 0.1) is 10.6 Å². The van der Waals surface area contributed by atoms with Gasteiger partial charge >= 0.3 is 0 Å². The molecule has 0 unspecified atom stereocenters. The molecule has 3 N–H and O–H groups in total. The lowest BCUT2D eigenvalue weighted by Crippen LogP contribution is -2.15. The van der Waals surface area contributed by atoms with Gasteiger partial charge in [-0.05, 0) is 30.7 Å². The number of thiocarbonyl (C=S) groups is 1. The van der Waals surface area contributed by atoms with E-state index in [9.17, 15) is 8.42 Å². The molecule has 0 fully saturated rings. The summed E-state index contributed by atoms with van der Waals surface area (Å²) in [5, 5.41) is 0. The smallest absolute Gasteiger partial charge is 0.261 e. The van der Waals surface area contributed by atoms with E-state index in [4.69, 9.17) is 18.0 Å². The molecular weight excluding hydrogens is 294 g/mol. The number of pyridine rings is 1. The van der Waals surface area contributed by atoms with Crippen LogP contribution in [0.1, 0.15) is 11.1 Å². The van der Waals surface area contributed by atoms with Crippen molar-refractivity contribution in [3.05, 3.63) is 53.9 Å². The average molecular weight is 307 g/mol. The number of nitrogens with one attached hydrogen (secondary N) is 1. The van der Waals surface area contributed by atoms with Crippen molar-refractivity contribution < 1.29 is 8.42 Å². The molecule has 0 amide bonds. The number of rotatable bonds is 4. The minimum Gasteiger partial charge on any atom is -0.389 e. The number of anilines is 1. The van der Waals surface area contributed by atoms with Crippen molar-refractivity contribution in [1.82, 2.24) is 4.98 Å². The predicted octanol–water partition coefficient (Wildman–Crippen LogP) is 1.83. The maximum atomic E-state index is 12.2. The highest BCUT2D eigenvalue weighted by Crippen LogP contribution is 2.18. The van der Waals surface area contributed by atoms with E-state index in [0.717, 1.165) is 5.56 Å². The molecule has 0 aliphatic carbocycles. The van der Waals surface area contributed by atoms with Gasteiger partial charge in [-0.1, -0.05) is 24.4 Å². The fourth-order valence-electron chi connectivity index (χ4n) is 1.59. The Labute approximate surface area is 122 Å². The van der Waals surface area contributed by atoms with Gasteiger partial charge in [-0.3, -0.25) is 9.71 Å². The van der Waals surface area contributed by atoms with Gasteiger partial charge in [0.2, 0.25) is 0 Å². The molecule has 0 atom stereocenters. The summed E-state index contributed by atoms with van der Waals surface area (Å²) in [4.78, 5) is 4.29. The van der Waals surface area contributed by atoms with Crippen LogP contribution in [0.25, 0.3) is 0 Å². The summed E-state index contributed by atoms with van der Waals surface area (Å²) >= 11 is 4.83. The number of hydrogen-bond donors (Lipinski definition) is 2. The average Bonchev–Trinajstić information content (AvgIpc) is 2.41. The highest BCUT2D eigenvalue weighted by Gasteiger charge is 2.15. The second-order valence-corrected chi connectivity index (χ2v) is 6.31. The molecule has 0 aliphatic rings. The van der Waals surface area contributed by atoms with E-state index in [2.05, 4.69) is 9.71 Å². The lowest BCUT2D eigenvalue weighted by molar-refractivity contribution is 0.601. The highest BCUT2D eigenvalue weighted by atomic mass is 32.2. The number of benzene rings is 1. The van der Waals surface area contributed by atoms with Crippen molar-refractivity contribution in [3.8, 4) is 0 Å². The van der Waals surface area contributed by atoms with Crippen LogP contribution >= 0.6 is 12.2 Å². The van der Waals surface area contributed by atoms with Crippen LogP contribution in [0.5, 0.6) is 0 Å². The largest absolute Gasteiger partial charge is 0.389 e. The molecule has 1 aromatic heterocycles. The summed E-state index contributed by atoms with van der Waals surface area (Å²) in [7, 11) is -3.64. The highest BCUT2D eigenvalue weighted by molar-refractivity contribution is 7.92. The van der Waals surface area contributed by atoms with Crippen molar-refractivity contribution in [2.24, 2.45) is 5.73 Å². The van der Waals surface area contributed by atoms with Crippen molar-refractivity contribution in [3.63, 3.8) is 0 Å².